The van der Waals surface area contributed by atoms with Crippen molar-refractivity contribution in [1.82, 2.24) is 5.43 Å². The summed E-state index contributed by atoms with van der Waals surface area (Å²) in [4.78, 5) is 0. The lowest BCUT2D eigenvalue weighted by Gasteiger charge is -2.18. The van der Waals surface area contributed by atoms with Gasteiger partial charge in [0.25, 0.3) is 0 Å². The highest BCUT2D eigenvalue weighted by molar-refractivity contribution is 9.10. The van der Waals surface area contributed by atoms with Crippen LogP contribution in [0.3, 0.4) is 0 Å². The maximum atomic E-state index is 5.72. The molecule has 19 heavy (non-hydrogen) atoms. The summed E-state index contributed by atoms with van der Waals surface area (Å²) in [5, 5.41) is 0. The average Bonchev–Trinajstić information content (AvgIpc) is 2.37. The van der Waals surface area contributed by atoms with Crippen molar-refractivity contribution in [3.8, 4) is 0 Å². The number of benzene rings is 2. The van der Waals surface area contributed by atoms with Gasteiger partial charge in [-0.25, -0.2) is 0 Å². The SMILES string of the molecule is Cc1cc(C)cc(C(Cc2ccc(Br)cc2)NN)c1. The summed E-state index contributed by atoms with van der Waals surface area (Å²) in [6.45, 7) is 4.23. The molecule has 0 saturated carbocycles. The predicted molar refractivity (Wildman–Crippen MR) is 83.8 cm³/mol. The first-order chi connectivity index (χ1) is 9.08. The maximum absolute atomic E-state index is 5.72. The van der Waals surface area contributed by atoms with E-state index in [4.69, 9.17) is 5.84 Å². The number of hydrogen-bond donors (Lipinski definition) is 2. The standard InChI is InChI=1S/C16H19BrN2/c1-11-7-12(2)9-14(8-11)16(19-18)10-13-3-5-15(17)6-4-13/h3-9,16,19H,10,18H2,1-2H3. The van der Waals surface area contributed by atoms with Crippen molar-refractivity contribution in [2.24, 2.45) is 5.84 Å². The smallest absolute Gasteiger partial charge is 0.0500 e. The fraction of sp³-hybridized carbons (Fsp3) is 0.250. The van der Waals surface area contributed by atoms with Gasteiger partial charge in [0, 0.05) is 10.5 Å². The van der Waals surface area contributed by atoms with Crippen LogP contribution < -0.4 is 11.3 Å². The van der Waals surface area contributed by atoms with Gasteiger partial charge >= 0.3 is 0 Å². The molecule has 0 aromatic heterocycles. The van der Waals surface area contributed by atoms with Gasteiger partial charge in [-0.1, -0.05) is 57.4 Å². The minimum Gasteiger partial charge on any atom is -0.271 e. The van der Waals surface area contributed by atoms with Crippen molar-refractivity contribution in [1.29, 1.82) is 0 Å². The predicted octanol–water partition coefficient (Wildman–Crippen LogP) is 3.81. The summed E-state index contributed by atoms with van der Waals surface area (Å²) in [7, 11) is 0. The zero-order chi connectivity index (χ0) is 13.8. The van der Waals surface area contributed by atoms with Gasteiger partial charge < -0.3 is 0 Å². The molecule has 0 amide bonds. The molecule has 3 N–H and O–H groups in total. The van der Waals surface area contributed by atoms with Crippen LogP contribution in [0, 0.1) is 13.8 Å². The van der Waals surface area contributed by atoms with E-state index in [1.165, 1.54) is 22.3 Å². The van der Waals surface area contributed by atoms with E-state index >= 15 is 0 Å². The van der Waals surface area contributed by atoms with E-state index in [-0.39, 0.29) is 6.04 Å². The van der Waals surface area contributed by atoms with Crippen LogP contribution in [0.15, 0.2) is 46.9 Å². The van der Waals surface area contributed by atoms with Crippen molar-refractivity contribution in [2.75, 3.05) is 0 Å². The van der Waals surface area contributed by atoms with Crippen molar-refractivity contribution < 1.29 is 0 Å². The number of nitrogens with one attached hydrogen (secondary N) is 1. The summed E-state index contributed by atoms with van der Waals surface area (Å²) in [6.07, 6.45) is 0.882. The molecule has 0 spiro atoms. The summed E-state index contributed by atoms with van der Waals surface area (Å²) < 4.78 is 1.10. The van der Waals surface area contributed by atoms with Gasteiger partial charge in [-0.05, 0) is 43.5 Å². The van der Waals surface area contributed by atoms with Crippen LogP contribution in [0.4, 0.5) is 0 Å². The van der Waals surface area contributed by atoms with Crippen LogP contribution in [-0.2, 0) is 6.42 Å². The lowest BCUT2D eigenvalue weighted by Crippen LogP contribution is -2.29. The number of rotatable bonds is 4. The molecule has 0 aliphatic carbocycles. The molecular weight excluding hydrogens is 300 g/mol. The second kappa shape index (κ2) is 6.33. The molecule has 0 radical (unpaired) electrons. The van der Waals surface area contributed by atoms with E-state index < -0.39 is 0 Å². The largest absolute Gasteiger partial charge is 0.271 e. The first-order valence-electron chi connectivity index (χ1n) is 6.37. The van der Waals surface area contributed by atoms with Crippen molar-refractivity contribution in [3.63, 3.8) is 0 Å². The van der Waals surface area contributed by atoms with Gasteiger partial charge in [0.15, 0.2) is 0 Å². The molecule has 0 fully saturated rings. The Bertz CT molecular complexity index is 529. The average molecular weight is 319 g/mol. The summed E-state index contributed by atoms with van der Waals surface area (Å²) in [6, 6.07) is 15.1. The van der Waals surface area contributed by atoms with Gasteiger partial charge in [0.1, 0.15) is 0 Å². The number of hydrazine groups is 1. The normalized spacial score (nSPS) is 12.4. The Kier molecular flexibility index (Phi) is 4.75. The fourth-order valence-corrected chi connectivity index (χ4v) is 2.60. The molecule has 0 aliphatic rings. The minimum atomic E-state index is 0.139. The third-order valence-corrected chi connectivity index (χ3v) is 3.73. The lowest BCUT2D eigenvalue weighted by atomic mass is 9.96. The molecule has 0 aliphatic heterocycles. The Balaban J connectivity index is 2.22. The summed E-state index contributed by atoms with van der Waals surface area (Å²) in [5.41, 5.74) is 7.97. The number of hydrogen-bond acceptors (Lipinski definition) is 2. The molecule has 1 atom stereocenters. The quantitative estimate of drug-likeness (QED) is 0.664. The fourth-order valence-electron chi connectivity index (χ4n) is 2.34. The first-order valence-corrected chi connectivity index (χ1v) is 7.16. The Morgan fingerprint density at radius 2 is 1.63 bits per heavy atom. The number of aryl methyl sites for hydroxylation is 2. The van der Waals surface area contributed by atoms with Crippen LogP contribution in [-0.4, -0.2) is 0 Å². The monoisotopic (exact) mass is 318 g/mol. The minimum absolute atomic E-state index is 0.139. The zero-order valence-corrected chi connectivity index (χ0v) is 12.9. The molecule has 2 aromatic carbocycles. The van der Waals surface area contributed by atoms with E-state index in [0.29, 0.717) is 0 Å². The van der Waals surface area contributed by atoms with Gasteiger partial charge in [-0.15, -0.1) is 0 Å². The van der Waals surface area contributed by atoms with Crippen molar-refractivity contribution >= 4 is 15.9 Å². The zero-order valence-electron chi connectivity index (χ0n) is 11.3. The third kappa shape index (κ3) is 3.90. The van der Waals surface area contributed by atoms with Gasteiger partial charge in [-0.2, -0.15) is 0 Å². The number of nitrogens with two attached hydrogens (primary N) is 1. The van der Waals surface area contributed by atoms with Gasteiger partial charge in [0.2, 0.25) is 0 Å². The van der Waals surface area contributed by atoms with E-state index in [9.17, 15) is 0 Å². The van der Waals surface area contributed by atoms with E-state index in [2.05, 4.69) is 77.7 Å². The number of halogens is 1. The highest BCUT2D eigenvalue weighted by Gasteiger charge is 2.11. The van der Waals surface area contributed by atoms with Crippen LogP contribution in [0.25, 0.3) is 0 Å². The molecule has 0 saturated heterocycles. The molecule has 2 rings (SSSR count). The maximum Gasteiger partial charge on any atom is 0.0500 e. The van der Waals surface area contributed by atoms with Crippen LogP contribution in [0.5, 0.6) is 0 Å². The Morgan fingerprint density at radius 3 is 2.16 bits per heavy atom. The van der Waals surface area contributed by atoms with Crippen LogP contribution in [0.1, 0.15) is 28.3 Å². The van der Waals surface area contributed by atoms with E-state index in [1.54, 1.807) is 0 Å². The second-order valence-corrected chi connectivity index (χ2v) is 5.89. The summed E-state index contributed by atoms with van der Waals surface area (Å²) >= 11 is 3.45. The molecule has 1 unspecified atom stereocenters. The molecular formula is C16H19BrN2. The Hall–Kier alpha value is -1.16. The van der Waals surface area contributed by atoms with E-state index in [1.807, 2.05) is 0 Å². The molecule has 2 aromatic rings. The molecule has 0 bridgehead atoms. The van der Waals surface area contributed by atoms with Crippen LogP contribution in [0.2, 0.25) is 0 Å². The van der Waals surface area contributed by atoms with Gasteiger partial charge in [0.05, 0.1) is 0 Å². The summed E-state index contributed by atoms with van der Waals surface area (Å²) in [5.74, 6) is 5.72. The molecule has 2 nitrogen and oxygen atoms in total. The molecule has 100 valence electrons. The highest BCUT2D eigenvalue weighted by Crippen LogP contribution is 2.21. The van der Waals surface area contributed by atoms with Crippen molar-refractivity contribution in [3.05, 3.63) is 69.2 Å². The highest BCUT2D eigenvalue weighted by atomic mass is 79.9. The second-order valence-electron chi connectivity index (χ2n) is 4.97. The molecule has 3 heteroatoms. The lowest BCUT2D eigenvalue weighted by molar-refractivity contribution is 0.551. The van der Waals surface area contributed by atoms with Crippen molar-refractivity contribution in [2.45, 2.75) is 26.3 Å². The molecule has 0 heterocycles. The topological polar surface area (TPSA) is 38.0 Å². The Labute approximate surface area is 123 Å². The first kappa shape index (κ1) is 14.3. The van der Waals surface area contributed by atoms with Gasteiger partial charge in [-0.3, -0.25) is 11.3 Å². The Morgan fingerprint density at radius 1 is 1.05 bits per heavy atom. The van der Waals surface area contributed by atoms with E-state index in [0.717, 1.165) is 10.9 Å². The third-order valence-electron chi connectivity index (χ3n) is 3.20. The van der Waals surface area contributed by atoms with Crippen LogP contribution >= 0.6 is 15.9 Å².